The van der Waals surface area contributed by atoms with Crippen LogP contribution in [0.25, 0.3) is 0 Å². The van der Waals surface area contributed by atoms with Gasteiger partial charge in [-0.2, -0.15) is 0 Å². The second-order valence-corrected chi connectivity index (χ2v) is 8.41. The summed E-state index contributed by atoms with van der Waals surface area (Å²) in [6.07, 6.45) is 2.31. The number of carbonyl (C=O) groups excluding carboxylic acids is 2. The van der Waals surface area contributed by atoms with Gasteiger partial charge in [-0.25, -0.2) is 4.79 Å². The number of amides is 3. The first kappa shape index (κ1) is 19.4. The average Bonchev–Trinajstić information content (AvgIpc) is 3.31. The largest absolute Gasteiger partial charge is 0.352 e. The smallest absolute Gasteiger partial charge is 0.312 e. The lowest BCUT2D eigenvalue weighted by molar-refractivity contribution is -0.132. The molecule has 0 radical (unpaired) electrons. The Morgan fingerprint density at radius 1 is 1.22 bits per heavy atom. The molecule has 27 heavy (non-hydrogen) atoms. The first-order valence-corrected chi connectivity index (χ1v) is 10.3. The standard InChI is InChI=1S/C21H27N3O2S/c1-14(2)16-7-5-15(6-8-16)13-24(17-9-10-17)20(25)12-18(23-21(22)26)19-4-3-11-27-19/h3-8,11,14,17-18H,9-10,12-13H2,1-2H3,(H3,22,23,26). The number of urea groups is 1. The van der Waals surface area contributed by atoms with Gasteiger partial charge in [0.25, 0.3) is 0 Å². The highest BCUT2D eigenvalue weighted by Crippen LogP contribution is 2.31. The molecule has 144 valence electrons. The Morgan fingerprint density at radius 3 is 2.44 bits per heavy atom. The summed E-state index contributed by atoms with van der Waals surface area (Å²) >= 11 is 1.52. The topological polar surface area (TPSA) is 75.4 Å². The van der Waals surface area contributed by atoms with Gasteiger partial charge < -0.3 is 16.0 Å². The monoisotopic (exact) mass is 385 g/mol. The molecule has 0 aliphatic heterocycles. The summed E-state index contributed by atoms with van der Waals surface area (Å²) in [6, 6.07) is 11.6. The molecule has 3 rings (SSSR count). The van der Waals surface area contributed by atoms with Gasteiger partial charge in [0, 0.05) is 17.5 Å². The second kappa shape index (κ2) is 8.57. The van der Waals surface area contributed by atoms with Crippen molar-refractivity contribution in [2.75, 3.05) is 0 Å². The fourth-order valence-electron chi connectivity index (χ4n) is 3.19. The van der Waals surface area contributed by atoms with E-state index in [2.05, 4.69) is 43.4 Å². The highest BCUT2D eigenvalue weighted by Gasteiger charge is 2.34. The predicted octanol–water partition coefficient (Wildman–Crippen LogP) is 4.16. The summed E-state index contributed by atoms with van der Waals surface area (Å²) in [6.45, 7) is 4.95. The lowest BCUT2D eigenvalue weighted by Gasteiger charge is -2.25. The number of thiophene rings is 1. The Hall–Kier alpha value is -2.34. The van der Waals surface area contributed by atoms with Crippen LogP contribution in [0.2, 0.25) is 0 Å². The number of rotatable bonds is 8. The number of hydrogen-bond donors (Lipinski definition) is 2. The molecule has 1 unspecified atom stereocenters. The predicted molar refractivity (Wildman–Crippen MR) is 108 cm³/mol. The van der Waals surface area contributed by atoms with Crippen molar-refractivity contribution < 1.29 is 9.59 Å². The molecule has 1 aromatic carbocycles. The van der Waals surface area contributed by atoms with Crippen molar-refractivity contribution in [1.82, 2.24) is 10.2 Å². The van der Waals surface area contributed by atoms with Crippen LogP contribution in [0, 0.1) is 0 Å². The van der Waals surface area contributed by atoms with E-state index in [0.29, 0.717) is 18.5 Å². The molecule has 1 heterocycles. The zero-order valence-corrected chi connectivity index (χ0v) is 16.7. The fourth-order valence-corrected chi connectivity index (χ4v) is 3.97. The molecule has 3 N–H and O–H groups in total. The van der Waals surface area contributed by atoms with Crippen molar-refractivity contribution in [3.8, 4) is 0 Å². The molecule has 0 bridgehead atoms. The minimum Gasteiger partial charge on any atom is -0.352 e. The third kappa shape index (κ3) is 5.32. The van der Waals surface area contributed by atoms with Crippen LogP contribution in [0.5, 0.6) is 0 Å². The van der Waals surface area contributed by atoms with E-state index in [9.17, 15) is 9.59 Å². The maximum Gasteiger partial charge on any atom is 0.312 e. The van der Waals surface area contributed by atoms with E-state index in [1.165, 1.54) is 16.9 Å². The fraction of sp³-hybridized carbons (Fsp3) is 0.429. The summed E-state index contributed by atoms with van der Waals surface area (Å²) in [7, 11) is 0. The van der Waals surface area contributed by atoms with E-state index in [1.54, 1.807) is 0 Å². The number of hydrogen-bond acceptors (Lipinski definition) is 3. The van der Waals surface area contributed by atoms with E-state index in [-0.39, 0.29) is 18.4 Å². The molecule has 6 heteroatoms. The van der Waals surface area contributed by atoms with Crippen LogP contribution in [0.4, 0.5) is 4.79 Å². The number of nitrogens with zero attached hydrogens (tertiary/aromatic N) is 1. The molecule has 0 saturated heterocycles. The van der Waals surface area contributed by atoms with Gasteiger partial charge in [0.1, 0.15) is 0 Å². The minimum atomic E-state index is -0.608. The number of primary amides is 1. The van der Waals surface area contributed by atoms with Crippen molar-refractivity contribution in [2.45, 2.75) is 57.7 Å². The molecular weight excluding hydrogens is 358 g/mol. The molecule has 1 aromatic heterocycles. The summed E-state index contributed by atoms with van der Waals surface area (Å²) in [5.74, 6) is 0.546. The lowest BCUT2D eigenvalue weighted by atomic mass is 10.0. The molecule has 1 atom stereocenters. The number of nitrogens with two attached hydrogens (primary N) is 1. The number of benzene rings is 1. The van der Waals surface area contributed by atoms with Crippen molar-refractivity contribution >= 4 is 23.3 Å². The van der Waals surface area contributed by atoms with Gasteiger partial charge in [-0.1, -0.05) is 44.2 Å². The Morgan fingerprint density at radius 2 is 1.93 bits per heavy atom. The zero-order valence-electron chi connectivity index (χ0n) is 15.9. The molecule has 1 fully saturated rings. The van der Waals surface area contributed by atoms with Crippen LogP contribution in [0.15, 0.2) is 41.8 Å². The van der Waals surface area contributed by atoms with Gasteiger partial charge in [-0.3, -0.25) is 4.79 Å². The van der Waals surface area contributed by atoms with Crippen molar-refractivity contribution in [3.63, 3.8) is 0 Å². The van der Waals surface area contributed by atoms with Crippen molar-refractivity contribution in [2.24, 2.45) is 5.73 Å². The van der Waals surface area contributed by atoms with Gasteiger partial charge >= 0.3 is 6.03 Å². The molecule has 2 aromatic rings. The van der Waals surface area contributed by atoms with Crippen molar-refractivity contribution in [3.05, 3.63) is 57.8 Å². The maximum atomic E-state index is 13.0. The lowest BCUT2D eigenvalue weighted by Crippen LogP contribution is -2.38. The highest BCUT2D eigenvalue weighted by atomic mass is 32.1. The third-order valence-corrected chi connectivity index (χ3v) is 5.88. The van der Waals surface area contributed by atoms with Gasteiger partial charge in [0.2, 0.25) is 5.91 Å². The van der Waals surface area contributed by atoms with E-state index < -0.39 is 6.03 Å². The van der Waals surface area contributed by atoms with E-state index in [0.717, 1.165) is 23.3 Å². The molecule has 1 aliphatic carbocycles. The van der Waals surface area contributed by atoms with Gasteiger partial charge in [0.15, 0.2) is 0 Å². The zero-order chi connectivity index (χ0) is 19.4. The molecule has 0 spiro atoms. The summed E-state index contributed by atoms with van der Waals surface area (Å²) in [5.41, 5.74) is 7.75. The maximum absolute atomic E-state index is 13.0. The first-order chi connectivity index (χ1) is 12.9. The Kier molecular flexibility index (Phi) is 6.16. The van der Waals surface area contributed by atoms with Gasteiger partial charge in [-0.15, -0.1) is 11.3 Å². The van der Waals surface area contributed by atoms with Crippen LogP contribution in [-0.4, -0.2) is 22.9 Å². The number of nitrogens with one attached hydrogen (secondary N) is 1. The van der Waals surface area contributed by atoms with Crippen molar-refractivity contribution in [1.29, 1.82) is 0 Å². The molecule has 3 amide bonds. The van der Waals surface area contributed by atoms with E-state index in [1.807, 2.05) is 22.4 Å². The highest BCUT2D eigenvalue weighted by molar-refractivity contribution is 7.10. The summed E-state index contributed by atoms with van der Waals surface area (Å²) < 4.78 is 0. The van der Waals surface area contributed by atoms with Crippen LogP contribution >= 0.6 is 11.3 Å². The normalized spacial score (nSPS) is 14.8. The number of carbonyl (C=O) groups is 2. The third-order valence-electron chi connectivity index (χ3n) is 4.89. The van der Waals surface area contributed by atoms with E-state index >= 15 is 0 Å². The Bertz CT molecular complexity index is 767. The van der Waals surface area contributed by atoms with Crippen LogP contribution in [0.3, 0.4) is 0 Å². The summed E-state index contributed by atoms with van der Waals surface area (Å²) in [4.78, 5) is 27.3. The van der Waals surface area contributed by atoms with Crippen LogP contribution in [0.1, 0.15) is 61.1 Å². The SMILES string of the molecule is CC(C)c1ccc(CN(C(=O)CC(NC(N)=O)c2cccs2)C2CC2)cc1. The Balaban J connectivity index is 1.70. The van der Waals surface area contributed by atoms with Gasteiger partial charge in [0.05, 0.1) is 12.5 Å². The molecular formula is C21H27N3O2S. The summed E-state index contributed by atoms with van der Waals surface area (Å²) in [5, 5.41) is 4.65. The first-order valence-electron chi connectivity index (χ1n) is 9.41. The van der Waals surface area contributed by atoms with E-state index in [4.69, 9.17) is 5.73 Å². The molecule has 1 saturated carbocycles. The molecule has 5 nitrogen and oxygen atoms in total. The Labute approximate surface area is 164 Å². The quantitative estimate of drug-likeness (QED) is 0.716. The van der Waals surface area contributed by atoms with Crippen LogP contribution in [-0.2, 0) is 11.3 Å². The van der Waals surface area contributed by atoms with Crippen LogP contribution < -0.4 is 11.1 Å². The minimum absolute atomic E-state index is 0.0533. The molecule has 1 aliphatic rings. The average molecular weight is 386 g/mol. The van der Waals surface area contributed by atoms with Gasteiger partial charge in [-0.05, 0) is 41.3 Å². The second-order valence-electron chi connectivity index (χ2n) is 7.43.